The highest BCUT2D eigenvalue weighted by Gasteiger charge is 2.18. The number of rotatable bonds is 4. The zero-order valence-electron chi connectivity index (χ0n) is 10.8. The van der Waals surface area contributed by atoms with Crippen LogP contribution in [0.2, 0.25) is 0 Å². The molecular formula is C14H22N2O. The molecule has 2 rings (SSSR count). The fraction of sp³-hybridized carbons (Fsp3) is 0.643. The molecule has 1 aliphatic carbocycles. The van der Waals surface area contributed by atoms with E-state index in [2.05, 4.69) is 17.2 Å². The van der Waals surface area contributed by atoms with Crippen molar-refractivity contribution < 1.29 is 4.74 Å². The summed E-state index contributed by atoms with van der Waals surface area (Å²) in [4.78, 5) is 4.19. The Balaban J connectivity index is 1.80. The Labute approximate surface area is 104 Å². The molecule has 2 atom stereocenters. The lowest BCUT2D eigenvalue weighted by molar-refractivity contribution is 0.293. The lowest BCUT2D eigenvalue weighted by Crippen LogP contribution is -2.21. The van der Waals surface area contributed by atoms with Crippen molar-refractivity contribution in [2.75, 3.05) is 19.0 Å². The van der Waals surface area contributed by atoms with Crippen LogP contribution in [0.5, 0.6) is 5.88 Å². The van der Waals surface area contributed by atoms with E-state index >= 15 is 0 Å². The molecule has 0 radical (unpaired) electrons. The number of pyridine rings is 1. The van der Waals surface area contributed by atoms with Crippen LogP contribution in [0, 0.1) is 11.8 Å². The lowest BCUT2D eigenvalue weighted by Gasteiger charge is -2.27. The highest BCUT2D eigenvalue weighted by molar-refractivity contribution is 5.41. The molecule has 1 aromatic heterocycles. The Morgan fingerprint density at radius 1 is 1.41 bits per heavy atom. The summed E-state index contributed by atoms with van der Waals surface area (Å²) in [6.07, 6.45) is 7.34. The second-order valence-electron chi connectivity index (χ2n) is 5.11. The van der Waals surface area contributed by atoms with Crippen LogP contribution in [0.4, 0.5) is 5.69 Å². The van der Waals surface area contributed by atoms with Crippen molar-refractivity contribution >= 4 is 5.69 Å². The molecule has 3 nitrogen and oxygen atoms in total. The van der Waals surface area contributed by atoms with E-state index in [1.807, 2.05) is 18.3 Å². The Bertz CT molecular complexity index is 337. The van der Waals surface area contributed by atoms with Crippen molar-refractivity contribution in [3.63, 3.8) is 0 Å². The number of nitrogens with zero attached hydrogens (tertiary/aromatic N) is 1. The number of methoxy groups -OCH3 is 1. The standard InChI is InChI=1S/C14H22N2O/c1-11-4-3-5-12(8-11)9-15-13-6-7-14(17-2)16-10-13/h6-7,10-12,15H,3-5,8-9H2,1-2H3. The zero-order valence-corrected chi connectivity index (χ0v) is 10.8. The van der Waals surface area contributed by atoms with Crippen LogP contribution in [-0.2, 0) is 0 Å². The minimum Gasteiger partial charge on any atom is -0.481 e. The summed E-state index contributed by atoms with van der Waals surface area (Å²) in [6, 6.07) is 3.92. The quantitative estimate of drug-likeness (QED) is 0.867. The van der Waals surface area contributed by atoms with E-state index in [1.165, 1.54) is 25.7 Å². The van der Waals surface area contributed by atoms with Crippen molar-refractivity contribution in [3.05, 3.63) is 18.3 Å². The summed E-state index contributed by atoms with van der Waals surface area (Å²) in [5.41, 5.74) is 1.09. The van der Waals surface area contributed by atoms with Crippen LogP contribution < -0.4 is 10.1 Å². The number of ether oxygens (including phenoxy) is 1. The minimum atomic E-state index is 0.668. The molecular weight excluding hydrogens is 212 g/mol. The van der Waals surface area contributed by atoms with Gasteiger partial charge in [-0.15, -0.1) is 0 Å². The van der Waals surface area contributed by atoms with Crippen molar-refractivity contribution in [2.45, 2.75) is 32.6 Å². The lowest BCUT2D eigenvalue weighted by atomic mass is 9.82. The zero-order chi connectivity index (χ0) is 12.1. The maximum atomic E-state index is 5.04. The summed E-state index contributed by atoms with van der Waals surface area (Å²) < 4.78 is 5.04. The van der Waals surface area contributed by atoms with E-state index in [1.54, 1.807) is 7.11 Å². The molecule has 1 aromatic rings. The molecule has 17 heavy (non-hydrogen) atoms. The van der Waals surface area contributed by atoms with Gasteiger partial charge in [0.15, 0.2) is 0 Å². The van der Waals surface area contributed by atoms with Crippen LogP contribution in [0.3, 0.4) is 0 Å². The second kappa shape index (κ2) is 5.89. The van der Waals surface area contributed by atoms with Crippen molar-refractivity contribution in [1.29, 1.82) is 0 Å². The molecule has 0 spiro atoms. The van der Waals surface area contributed by atoms with Gasteiger partial charge in [-0.2, -0.15) is 0 Å². The highest BCUT2D eigenvalue weighted by Crippen LogP contribution is 2.28. The number of hydrogen-bond acceptors (Lipinski definition) is 3. The van der Waals surface area contributed by atoms with E-state index in [-0.39, 0.29) is 0 Å². The average Bonchev–Trinajstić information content (AvgIpc) is 2.37. The smallest absolute Gasteiger partial charge is 0.213 e. The minimum absolute atomic E-state index is 0.668. The molecule has 2 unspecified atom stereocenters. The monoisotopic (exact) mass is 234 g/mol. The van der Waals surface area contributed by atoms with Crippen LogP contribution in [0.15, 0.2) is 18.3 Å². The molecule has 0 aliphatic heterocycles. The first-order chi connectivity index (χ1) is 8.28. The van der Waals surface area contributed by atoms with Gasteiger partial charge in [-0.1, -0.05) is 19.8 Å². The van der Waals surface area contributed by atoms with Gasteiger partial charge in [0, 0.05) is 12.6 Å². The fourth-order valence-electron chi connectivity index (χ4n) is 2.61. The Morgan fingerprint density at radius 3 is 2.94 bits per heavy atom. The van der Waals surface area contributed by atoms with Gasteiger partial charge in [0.05, 0.1) is 19.0 Å². The van der Waals surface area contributed by atoms with E-state index in [0.717, 1.165) is 24.1 Å². The van der Waals surface area contributed by atoms with Crippen LogP contribution >= 0.6 is 0 Å². The Morgan fingerprint density at radius 2 is 2.29 bits per heavy atom. The molecule has 1 saturated carbocycles. The average molecular weight is 234 g/mol. The SMILES string of the molecule is COc1ccc(NCC2CCCC(C)C2)cn1. The number of hydrogen-bond donors (Lipinski definition) is 1. The van der Waals surface area contributed by atoms with Gasteiger partial charge in [0.25, 0.3) is 0 Å². The van der Waals surface area contributed by atoms with E-state index in [0.29, 0.717) is 5.88 Å². The fourth-order valence-corrected chi connectivity index (χ4v) is 2.61. The summed E-state index contributed by atoms with van der Waals surface area (Å²) in [5, 5.41) is 3.47. The third kappa shape index (κ3) is 3.62. The van der Waals surface area contributed by atoms with Gasteiger partial charge in [-0.25, -0.2) is 4.98 Å². The molecule has 1 heterocycles. The van der Waals surface area contributed by atoms with Crippen molar-refractivity contribution in [2.24, 2.45) is 11.8 Å². The predicted octanol–water partition coefficient (Wildman–Crippen LogP) is 3.33. The molecule has 1 aliphatic rings. The third-order valence-corrected chi connectivity index (χ3v) is 3.59. The Kier molecular flexibility index (Phi) is 4.24. The van der Waals surface area contributed by atoms with E-state index < -0.39 is 0 Å². The van der Waals surface area contributed by atoms with Gasteiger partial charge in [0.2, 0.25) is 5.88 Å². The Hall–Kier alpha value is -1.25. The van der Waals surface area contributed by atoms with Gasteiger partial charge < -0.3 is 10.1 Å². The van der Waals surface area contributed by atoms with Crippen LogP contribution in [-0.4, -0.2) is 18.6 Å². The number of aromatic nitrogens is 1. The molecule has 0 saturated heterocycles. The predicted molar refractivity (Wildman–Crippen MR) is 70.4 cm³/mol. The first kappa shape index (κ1) is 12.2. The summed E-state index contributed by atoms with van der Waals surface area (Å²) in [6.45, 7) is 3.43. The maximum Gasteiger partial charge on any atom is 0.213 e. The third-order valence-electron chi connectivity index (χ3n) is 3.59. The largest absolute Gasteiger partial charge is 0.481 e. The summed E-state index contributed by atoms with van der Waals surface area (Å²) in [7, 11) is 1.64. The molecule has 1 N–H and O–H groups in total. The number of nitrogens with one attached hydrogen (secondary N) is 1. The van der Waals surface area contributed by atoms with E-state index in [9.17, 15) is 0 Å². The first-order valence-electron chi connectivity index (χ1n) is 6.52. The molecule has 1 fully saturated rings. The molecule has 94 valence electrons. The molecule has 0 bridgehead atoms. The first-order valence-corrected chi connectivity index (χ1v) is 6.52. The maximum absolute atomic E-state index is 5.04. The van der Waals surface area contributed by atoms with Crippen molar-refractivity contribution in [1.82, 2.24) is 4.98 Å². The van der Waals surface area contributed by atoms with Crippen molar-refractivity contribution in [3.8, 4) is 5.88 Å². The molecule has 0 aromatic carbocycles. The highest BCUT2D eigenvalue weighted by atomic mass is 16.5. The van der Waals surface area contributed by atoms with Gasteiger partial charge in [0.1, 0.15) is 0 Å². The summed E-state index contributed by atoms with van der Waals surface area (Å²) in [5.74, 6) is 2.38. The van der Waals surface area contributed by atoms with Gasteiger partial charge in [-0.3, -0.25) is 0 Å². The van der Waals surface area contributed by atoms with E-state index in [4.69, 9.17) is 4.74 Å². The second-order valence-corrected chi connectivity index (χ2v) is 5.11. The molecule has 0 amide bonds. The van der Waals surface area contributed by atoms with Gasteiger partial charge in [-0.05, 0) is 30.7 Å². The number of anilines is 1. The van der Waals surface area contributed by atoms with Gasteiger partial charge >= 0.3 is 0 Å². The normalized spacial score (nSPS) is 24.4. The topological polar surface area (TPSA) is 34.1 Å². The summed E-state index contributed by atoms with van der Waals surface area (Å²) >= 11 is 0. The van der Waals surface area contributed by atoms with Crippen LogP contribution in [0.25, 0.3) is 0 Å². The van der Waals surface area contributed by atoms with Crippen LogP contribution in [0.1, 0.15) is 32.6 Å². The molecule has 3 heteroatoms.